The van der Waals surface area contributed by atoms with Gasteiger partial charge in [-0.25, -0.2) is 9.97 Å². The van der Waals surface area contributed by atoms with Crippen molar-refractivity contribution in [3.05, 3.63) is 23.9 Å². The minimum Gasteiger partial charge on any atom is -0.497 e. The maximum atomic E-state index is 12.2. The van der Waals surface area contributed by atoms with E-state index in [9.17, 15) is 4.79 Å². The number of piperidine rings is 1. The normalized spacial score (nSPS) is 21.3. The van der Waals surface area contributed by atoms with Gasteiger partial charge in [-0.1, -0.05) is 12.8 Å². The standard InChI is InChI=1S/C23H32N4O2/c1-16-23(25-20-9-8-19(29-3)15-21(20)24-16)26-13-10-18(11-14-26)22-7-5-4-6-12-27(22)17(2)28/h8-9,15,18,22H,4-7,10-14H2,1-3H3. The molecule has 4 rings (SSSR count). The predicted octanol–water partition coefficient (Wildman–Crippen LogP) is 3.95. The number of aryl methyl sites for hydroxylation is 1. The van der Waals surface area contributed by atoms with Crippen LogP contribution in [-0.4, -0.2) is 53.6 Å². The third kappa shape index (κ3) is 4.16. The van der Waals surface area contributed by atoms with Crippen molar-refractivity contribution in [1.82, 2.24) is 14.9 Å². The fraction of sp³-hybridized carbons (Fsp3) is 0.609. The number of benzene rings is 1. The first-order valence-corrected chi connectivity index (χ1v) is 10.9. The monoisotopic (exact) mass is 396 g/mol. The van der Waals surface area contributed by atoms with Crippen LogP contribution in [0.4, 0.5) is 5.82 Å². The summed E-state index contributed by atoms with van der Waals surface area (Å²) in [7, 11) is 1.67. The summed E-state index contributed by atoms with van der Waals surface area (Å²) in [6, 6.07) is 6.26. The maximum Gasteiger partial charge on any atom is 0.219 e. The molecule has 2 aliphatic heterocycles. The first-order chi connectivity index (χ1) is 14.1. The van der Waals surface area contributed by atoms with Gasteiger partial charge in [0.1, 0.15) is 5.75 Å². The molecular weight excluding hydrogens is 364 g/mol. The van der Waals surface area contributed by atoms with E-state index in [0.717, 1.165) is 73.6 Å². The highest BCUT2D eigenvalue weighted by Crippen LogP contribution is 2.32. The Morgan fingerprint density at radius 3 is 2.55 bits per heavy atom. The average Bonchev–Trinajstić information content (AvgIpc) is 2.99. The smallest absolute Gasteiger partial charge is 0.219 e. The van der Waals surface area contributed by atoms with Gasteiger partial charge in [0.15, 0.2) is 5.82 Å². The molecule has 0 saturated carbocycles. The zero-order chi connectivity index (χ0) is 20.4. The summed E-state index contributed by atoms with van der Waals surface area (Å²) in [6.07, 6.45) is 7.00. The Morgan fingerprint density at radius 1 is 1.03 bits per heavy atom. The number of nitrogens with zero attached hydrogens (tertiary/aromatic N) is 4. The minimum absolute atomic E-state index is 0.242. The zero-order valence-corrected chi connectivity index (χ0v) is 17.9. The summed E-state index contributed by atoms with van der Waals surface area (Å²) in [5.41, 5.74) is 2.74. The first-order valence-electron chi connectivity index (χ1n) is 10.9. The number of ether oxygens (including phenoxy) is 1. The van der Waals surface area contributed by atoms with Crippen LogP contribution in [0, 0.1) is 12.8 Å². The van der Waals surface area contributed by atoms with E-state index in [2.05, 4.69) is 9.80 Å². The molecule has 156 valence electrons. The van der Waals surface area contributed by atoms with Gasteiger partial charge in [-0.15, -0.1) is 0 Å². The van der Waals surface area contributed by atoms with Crippen molar-refractivity contribution in [2.24, 2.45) is 5.92 Å². The van der Waals surface area contributed by atoms with Crippen LogP contribution in [0.25, 0.3) is 11.0 Å². The van der Waals surface area contributed by atoms with Crippen molar-refractivity contribution in [2.45, 2.75) is 58.4 Å². The van der Waals surface area contributed by atoms with Crippen molar-refractivity contribution < 1.29 is 9.53 Å². The van der Waals surface area contributed by atoms with E-state index in [1.165, 1.54) is 12.8 Å². The molecule has 0 N–H and O–H groups in total. The molecule has 1 amide bonds. The van der Waals surface area contributed by atoms with E-state index >= 15 is 0 Å². The molecule has 3 heterocycles. The summed E-state index contributed by atoms with van der Waals surface area (Å²) < 4.78 is 5.31. The van der Waals surface area contributed by atoms with Crippen LogP contribution in [0.1, 0.15) is 51.1 Å². The lowest BCUT2D eigenvalue weighted by atomic mass is 9.86. The van der Waals surface area contributed by atoms with Crippen LogP contribution in [0.3, 0.4) is 0 Å². The van der Waals surface area contributed by atoms with Crippen LogP contribution in [-0.2, 0) is 4.79 Å². The Bertz CT molecular complexity index is 877. The number of methoxy groups -OCH3 is 1. The van der Waals surface area contributed by atoms with E-state index in [0.29, 0.717) is 12.0 Å². The molecule has 2 aliphatic rings. The lowest BCUT2D eigenvalue weighted by molar-refractivity contribution is -0.132. The molecule has 1 unspecified atom stereocenters. The second-order valence-corrected chi connectivity index (χ2v) is 8.44. The van der Waals surface area contributed by atoms with Gasteiger partial charge in [0.2, 0.25) is 5.91 Å². The summed E-state index contributed by atoms with van der Waals surface area (Å²) >= 11 is 0. The lowest BCUT2D eigenvalue weighted by Crippen LogP contribution is -2.47. The molecule has 1 atom stereocenters. The Hall–Kier alpha value is -2.37. The molecule has 0 radical (unpaired) electrons. The Labute approximate surface area is 173 Å². The number of rotatable bonds is 3. The molecule has 0 bridgehead atoms. The van der Waals surface area contributed by atoms with E-state index in [1.807, 2.05) is 25.1 Å². The number of likely N-dealkylation sites (tertiary alicyclic amines) is 1. The lowest BCUT2D eigenvalue weighted by Gasteiger charge is -2.41. The molecule has 6 heteroatoms. The number of hydrogen-bond donors (Lipinski definition) is 0. The summed E-state index contributed by atoms with van der Waals surface area (Å²) in [5, 5.41) is 0. The fourth-order valence-electron chi connectivity index (χ4n) is 5.05. The third-order valence-corrected chi connectivity index (χ3v) is 6.61. The molecule has 1 aromatic heterocycles. The van der Waals surface area contributed by atoms with Crippen LogP contribution in [0.2, 0.25) is 0 Å². The SMILES string of the molecule is COc1ccc2nc(N3CCC(C4CCCCCN4C(C)=O)CC3)c(C)nc2c1. The van der Waals surface area contributed by atoms with Gasteiger partial charge in [-0.2, -0.15) is 0 Å². The van der Waals surface area contributed by atoms with E-state index in [-0.39, 0.29) is 5.91 Å². The highest BCUT2D eigenvalue weighted by Gasteiger charge is 2.33. The molecule has 6 nitrogen and oxygen atoms in total. The van der Waals surface area contributed by atoms with Crippen LogP contribution < -0.4 is 9.64 Å². The van der Waals surface area contributed by atoms with Crippen molar-refractivity contribution in [3.63, 3.8) is 0 Å². The molecule has 29 heavy (non-hydrogen) atoms. The topological polar surface area (TPSA) is 58.6 Å². The fourth-order valence-corrected chi connectivity index (χ4v) is 5.05. The number of carbonyl (C=O) groups is 1. The molecule has 0 aliphatic carbocycles. The predicted molar refractivity (Wildman–Crippen MR) is 115 cm³/mol. The minimum atomic E-state index is 0.242. The van der Waals surface area contributed by atoms with Gasteiger partial charge in [0.05, 0.1) is 23.8 Å². The highest BCUT2D eigenvalue weighted by atomic mass is 16.5. The van der Waals surface area contributed by atoms with Crippen molar-refractivity contribution >= 4 is 22.8 Å². The van der Waals surface area contributed by atoms with Gasteiger partial charge in [-0.3, -0.25) is 4.79 Å². The third-order valence-electron chi connectivity index (χ3n) is 6.61. The number of fused-ring (bicyclic) bond motifs is 1. The van der Waals surface area contributed by atoms with Crippen LogP contribution in [0.5, 0.6) is 5.75 Å². The highest BCUT2D eigenvalue weighted by molar-refractivity contribution is 5.78. The number of aromatic nitrogens is 2. The molecule has 2 saturated heterocycles. The zero-order valence-electron chi connectivity index (χ0n) is 17.9. The second kappa shape index (κ2) is 8.56. The molecule has 2 fully saturated rings. The first kappa shape index (κ1) is 19.9. The summed E-state index contributed by atoms with van der Waals surface area (Å²) in [4.78, 5) is 26.4. The van der Waals surface area contributed by atoms with E-state index < -0.39 is 0 Å². The van der Waals surface area contributed by atoms with Crippen LogP contribution >= 0.6 is 0 Å². The summed E-state index contributed by atoms with van der Waals surface area (Å²) in [5.74, 6) is 2.63. The Balaban J connectivity index is 1.49. The maximum absolute atomic E-state index is 12.2. The number of anilines is 1. The van der Waals surface area contributed by atoms with Gasteiger partial charge >= 0.3 is 0 Å². The van der Waals surface area contributed by atoms with E-state index in [1.54, 1.807) is 14.0 Å². The number of carbonyl (C=O) groups excluding carboxylic acids is 1. The average molecular weight is 397 g/mol. The molecule has 2 aromatic rings. The quantitative estimate of drug-likeness (QED) is 0.786. The molecule has 0 spiro atoms. The van der Waals surface area contributed by atoms with E-state index in [4.69, 9.17) is 14.7 Å². The summed E-state index contributed by atoms with van der Waals surface area (Å²) in [6.45, 7) is 6.65. The van der Waals surface area contributed by atoms with Crippen molar-refractivity contribution in [2.75, 3.05) is 31.6 Å². The van der Waals surface area contributed by atoms with Gasteiger partial charge in [-0.05, 0) is 50.7 Å². The Morgan fingerprint density at radius 2 is 1.83 bits per heavy atom. The molecule has 1 aromatic carbocycles. The van der Waals surface area contributed by atoms with Crippen molar-refractivity contribution in [1.29, 1.82) is 0 Å². The van der Waals surface area contributed by atoms with Gasteiger partial charge < -0.3 is 14.5 Å². The van der Waals surface area contributed by atoms with Gasteiger partial charge in [0.25, 0.3) is 0 Å². The largest absolute Gasteiger partial charge is 0.497 e. The Kier molecular flexibility index (Phi) is 5.88. The number of hydrogen-bond acceptors (Lipinski definition) is 5. The van der Waals surface area contributed by atoms with Crippen LogP contribution in [0.15, 0.2) is 18.2 Å². The van der Waals surface area contributed by atoms with Crippen molar-refractivity contribution in [3.8, 4) is 5.75 Å². The van der Waals surface area contributed by atoms with Gasteiger partial charge in [0, 0.05) is 38.7 Å². The molecular formula is C23H32N4O2. The second-order valence-electron chi connectivity index (χ2n) is 8.44. The number of amides is 1.